The summed E-state index contributed by atoms with van der Waals surface area (Å²) in [7, 11) is 3.24. The Morgan fingerprint density at radius 2 is 2.00 bits per heavy atom. The van der Waals surface area contributed by atoms with E-state index in [0.29, 0.717) is 11.5 Å². The Morgan fingerprint density at radius 1 is 1.21 bits per heavy atom. The number of amides is 1. The van der Waals surface area contributed by atoms with E-state index in [-0.39, 0.29) is 11.9 Å². The predicted molar refractivity (Wildman–Crippen MR) is 111 cm³/mol. The molecule has 0 bridgehead atoms. The van der Waals surface area contributed by atoms with Gasteiger partial charge in [0, 0.05) is 31.6 Å². The minimum atomic E-state index is 0.00413. The van der Waals surface area contributed by atoms with E-state index in [0.717, 1.165) is 47.8 Å². The average molecular weight is 395 g/mol. The number of ether oxygens (including phenoxy) is 2. The quantitative estimate of drug-likeness (QED) is 0.715. The number of carbonyl (C=O) groups excluding carboxylic acids is 1. The van der Waals surface area contributed by atoms with Crippen molar-refractivity contribution in [1.29, 1.82) is 0 Å². The maximum atomic E-state index is 11.4. The fourth-order valence-electron chi connectivity index (χ4n) is 3.88. The van der Waals surface area contributed by atoms with E-state index in [4.69, 9.17) is 14.6 Å². The van der Waals surface area contributed by atoms with Crippen molar-refractivity contribution in [3.8, 4) is 22.8 Å². The molecule has 0 spiro atoms. The van der Waals surface area contributed by atoms with Gasteiger partial charge in [0.05, 0.1) is 37.5 Å². The van der Waals surface area contributed by atoms with Gasteiger partial charge in [-0.25, -0.2) is 9.50 Å². The van der Waals surface area contributed by atoms with Gasteiger partial charge in [-0.2, -0.15) is 5.10 Å². The lowest BCUT2D eigenvalue weighted by molar-refractivity contribution is -0.119. The summed E-state index contributed by atoms with van der Waals surface area (Å²) in [5, 5.41) is 7.70. The summed E-state index contributed by atoms with van der Waals surface area (Å²) in [6.45, 7) is 5.16. The van der Waals surface area contributed by atoms with Crippen molar-refractivity contribution in [2.45, 2.75) is 26.3 Å². The molecule has 2 aromatic heterocycles. The molecule has 1 aliphatic heterocycles. The van der Waals surface area contributed by atoms with Crippen molar-refractivity contribution in [2.75, 3.05) is 32.2 Å². The monoisotopic (exact) mass is 395 g/mol. The third kappa shape index (κ3) is 3.57. The molecule has 1 aromatic carbocycles. The molecule has 0 unspecified atom stereocenters. The largest absolute Gasteiger partial charge is 0.493 e. The van der Waals surface area contributed by atoms with E-state index in [1.54, 1.807) is 21.1 Å². The first-order valence-corrected chi connectivity index (χ1v) is 9.60. The predicted octanol–water partition coefficient (Wildman–Crippen LogP) is 2.44. The zero-order chi connectivity index (χ0) is 20.5. The second-order valence-electron chi connectivity index (χ2n) is 7.25. The third-order valence-electron chi connectivity index (χ3n) is 5.19. The van der Waals surface area contributed by atoms with Crippen LogP contribution in [0.3, 0.4) is 0 Å². The molecule has 3 heterocycles. The van der Waals surface area contributed by atoms with Crippen LogP contribution in [-0.4, -0.2) is 53.9 Å². The number of carbonyl (C=O) groups is 1. The van der Waals surface area contributed by atoms with E-state index in [1.807, 2.05) is 35.8 Å². The van der Waals surface area contributed by atoms with Crippen molar-refractivity contribution >= 4 is 17.2 Å². The number of fused-ring (bicyclic) bond motifs is 1. The van der Waals surface area contributed by atoms with Crippen LogP contribution < -0.4 is 19.7 Å². The van der Waals surface area contributed by atoms with Gasteiger partial charge < -0.3 is 19.7 Å². The minimum Gasteiger partial charge on any atom is -0.493 e. The zero-order valence-corrected chi connectivity index (χ0v) is 17.1. The summed E-state index contributed by atoms with van der Waals surface area (Å²) in [6, 6.07) is 7.98. The first-order chi connectivity index (χ1) is 14.0. The van der Waals surface area contributed by atoms with E-state index in [2.05, 4.69) is 21.3 Å². The molecule has 8 heteroatoms. The normalized spacial score (nSPS) is 16.3. The molecule has 3 aromatic rings. The number of hydrogen-bond donors (Lipinski definition) is 1. The molecule has 1 aliphatic rings. The minimum absolute atomic E-state index is 0.00413. The molecule has 152 valence electrons. The molecule has 0 aliphatic carbocycles. The summed E-state index contributed by atoms with van der Waals surface area (Å²) < 4.78 is 12.7. The summed E-state index contributed by atoms with van der Waals surface area (Å²) >= 11 is 0. The highest BCUT2D eigenvalue weighted by molar-refractivity contribution is 5.76. The van der Waals surface area contributed by atoms with Crippen LogP contribution in [0, 0.1) is 6.92 Å². The van der Waals surface area contributed by atoms with Crippen LogP contribution in [0.1, 0.15) is 19.0 Å². The first-order valence-electron chi connectivity index (χ1n) is 9.60. The number of aryl methyl sites for hydroxylation is 1. The molecule has 1 amide bonds. The Labute approximate surface area is 169 Å². The fourth-order valence-corrected chi connectivity index (χ4v) is 3.88. The van der Waals surface area contributed by atoms with Crippen molar-refractivity contribution in [3.63, 3.8) is 0 Å². The molecule has 8 nitrogen and oxygen atoms in total. The van der Waals surface area contributed by atoms with Gasteiger partial charge in [0.25, 0.3) is 0 Å². The maximum Gasteiger partial charge on any atom is 0.217 e. The smallest absolute Gasteiger partial charge is 0.217 e. The maximum absolute atomic E-state index is 11.4. The van der Waals surface area contributed by atoms with E-state index >= 15 is 0 Å². The Bertz CT molecular complexity index is 1060. The Kier molecular flexibility index (Phi) is 5.00. The number of aromatic nitrogens is 3. The van der Waals surface area contributed by atoms with Crippen LogP contribution in [0.2, 0.25) is 0 Å². The second kappa shape index (κ2) is 7.62. The molecular formula is C21H25N5O3. The number of hydrogen-bond acceptors (Lipinski definition) is 6. The topological polar surface area (TPSA) is 81.0 Å². The SMILES string of the molecule is COc1ccc(-c2cnc3c(N4CC[C@@H](NC(C)=O)C4)cc(C)nn23)cc1OC. The van der Waals surface area contributed by atoms with Gasteiger partial charge in [0.15, 0.2) is 17.1 Å². The lowest BCUT2D eigenvalue weighted by Gasteiger charge is -2.20. The van der Waals surface area contributed by atoms with Crippen LogP contribution >= 0.6 is 0 Å². The summed E-state index contributed by atoms with van der Waals surface area (Å²) in [5.74, 6) is 1.34. The standard InChI is InChI=1S/C21H25N5O3/c1-13-9-17(25-8-7-16(12-25)23-14(2)27)21-22-11-18(26(21)24-13)15-5-6-19(28-3)20(10-15)29-4/h5-6,9-11,16H,7-8,12H2,1-4H3,(H,23,27)/t16-/m1/s1. The molecule has 1 N–H and O–H groups in total. The van der Waals surface area contributed by atoms with Gasteiger partial charge in [0.1, 0.15) is 0 Å². The number of imidazole rings is 1. The first kappa shape index (κ1) is 19.0. The average Bonchev–Trinajstić information content (AvgIpc) is 3.33. The number of rotatable bonds is 5. The van der Waals surface area contributed by atoms with Crippen LogP contribution in [-0.2, 0) is 4.79 Å². The lowest BCUT2D eigenvalue weighted by Crippen LogP contribution is -2.35. The third-order valence-corrected chi connectivity index (χ3v) is 5.19. The lowest BCUT2D eigenvalue weighted by atomic mass is 10.1. The van der Waals surface area contributed by atoms with Gasteiger partial charge in [0.2, 0.25) is 5.91 Å². The molecule has 0 saturated carbocycles. The van der Waals surface area contributed by atoms with Gasteiger partial charge in [-0.05, 0) is 37.6 Å². The van der Waals surface area contributed by atoms with Gasteiger partial charge in [-0.3, -0.25) is 4.79 Å². The molecule has 1 atom stereocenters. The van der Waals surface area contributed by atoms with Crippen molar-refractivity contribution in [3.05, 3.63) is 36.2 Å². The number of nitrogens with zero attached hydrogens (tertiary/aromatic N) is 4. The molecular weight excluding hydrogens is 370 g/mol. The van der Waals surface area contributed by atoms with Crippen LogP contribution in [0.5, 0.6) is 11.5 Å². The van der Waals surface area contributed by atoms with Crippen LogP contribution in [0.25, 0.3) is 16.9 Å². The molecule has 4 rings (SSSR count). The Hall–Kier alpha value is -3.29. The highest BCUT2D eigenvalue weighted by atomic mass is 16.5. The van der Waals surface area contributed by atoms with Gasteiger partial charge in [-0.15, -0.1) is 0 Å². The van der Waals surface area contributed by atoms with Crippen LogP contribution in [0.15, 0.2) is 30.5 Å². The van der Waals surface area contributed by atoms with Gasteiger partial charge in [-0.1, -0.05) is 0 Å². The number of nitrogens with one attached hydrogen (secondary N) is 1. The van der Waals surface area contributed by atoms with Crippen molar-refractivity contribution < 1.29 is 14.3 Å². The van der Waals surface area contributed by atoms with E-state index in [9.17, 15) is 4.79 Å². The molecule has 1 fully saturated rings. The van der Waals surface area contributed by atoms with Crippen molar-refractivity contribution in [2.24, 2.45) is 0 Å². The molecule has 0 radical (unpaired) electrons. The zero-order valence-electron chi connectivity index (χ0n) is 17.1. The highest BCUT2D eigenvalue weighted by Crippen LogP contribution is 2.34. The van der Waals surface area contributed by atoms with Gasteiger partial charge >= 0.3 is 0 Å². The number of methoxy groups -OCH3 is 2. The Morgan fingerprint density at radius 3 is 2.72 bits per heavy atom. The number of benzene rings is 1. The summed E-state index contributed by atoms with van der Waals surface area (Å²) in [4.78, 5) is 18.3. The van der Waals surface area contributed by atoms with E-state index < -0.39 is 0 Å². The number of anilines is 1. The Balaban J connectivity index is 1.74. The second-order valence-corrected chi connectivity index (χ2v) is 7.25. The van der Waals surface area contributed by atoms with Crippen molar-refractivity contribution in [1.82, 2.24) is 19.9 Å². The fraction of sp³-hybridized carbons (Fsp3) is 0.381. The van der Waals surface area contributed by atoms with Crippen LogP contribution in [0.4, 0.5) is 5.69 Å². The molecule has 29 heavy (non-hydrogen) atoms. The summed E-state index contributed by atoms with van der Waals surface area (Å²) in [5.41, 5.74) is 4.54. The highest BCUT2D eigenvalue weighted by Gasteiger charge is 2.26. The molecule has 1 saturated heterocycles. The summed E-state index contributed by atoms with van der Waals surface area (Å²) in [6.07, 6.45) is 2.74. The van der Waals surface area contributed by atoms with E-state index in [1.165, 1.54) is 0 Å².